The number of benzene rings is 2. The van der Waals surface area contributed by atoms with E-state index in [1.165, 1.54) is 25.1 Å². The summed E-state index contributed by atoms with van der Waals surface area (Å²) < 4.78 is 19.2. The summed E-state index contributed by atoms with van der Waals surface area (Å²) in [6.07, 6.45) is -1.06. The second-order valence-corrected chi connectivity index (χ2v) is 6.92. The third kappa shape index (κ3) is 3.32. The van der Waals surface area contributed by atoms with E-state index >= 15 is 0 Å². The van der Waals surface area contributed by atoms with Gasteiger partial charge in [-0.2, -0.15) is 0 Å². The Labute approximate surface area is 150 Å². The molecule has 0 spiro atoms. The van der Waals surface area contributed by atoms with Gasteiger partial charge >= 0.3 is 0 Å². The number of amides is 1. The Morgan fingerprint density at radius 3 is 2.54 bits per heavy atom. The van der Waals surface area contributed by atoms with E-state index in [1.54, 1.807) is 32.0 Å². The molecule has 0 aliphatic carbocycles. The zero-order valence-electron chi connectivity index (χ0n) is 14.7. The summed E-state index contributed by atoms with van der Waals surface area (Å²) in [6.45, 7) is 4.85. The van der Waals surface area contributed by atoms with Gasteiger partial charge in [0.05, 0.1) is 6.04 Å². The van der Waals surface area contributed by atoms with E-state index in [0.29, 0.717) is 16.9 Å². The van der Waals surface area contributed by atoms with Gasteiger partial charge in [0, 0.05) is 16.7 Å². The molecular formula is C20H20FNO4. The fourth-order valence-electron chi connectivity index (χ4n) is 3.03. The van der Waals surface area contributed by atoms with Gasteiger partial charge < -0.3 is 15.2 Å². The van der Waals surface area contributed by atoms with Crippen LogP contribution in [0.3, 0.4) is 0 Å². The Hall–Kier alpha value is -2.73. The molecule has 5 nitrogen and oxygen atoms in total. The number of halogens is 1. The Morgan fingerprint density at radius 1 is 1.15 bits per heavy atom. The van der Waals surface area contributed by atoms with E-state index < -0.39 is 29.5 Å². The van der Waals surface area contributed by atoms with Crippen LogP contribution in [0.1, 0.15) is 53.1 Å². The first kappa shape index (κ1) is 18.1. The molecule has 0 saturated carbocycles. The normalized spacial score (nSPS) is 20.7. The summed E-state index contributed by atoms with van der Waals surface area (Å²) in [5, 5.41) is 13.5. The minimum Gasteiger partial charge on any atom is -0.485 e. The molecule has 1 aliphatic rings. The van der Waals surface area contributed by atoms with Gasteiger partial charge in [0.1, 0.15) is 23.3 Å². The molecule has 0 fully saturated rings. The van der Waals surface area contributed by atoms with Crippen LogP contribution < -0.4 is 10.1 Å². The summed E-state index contributed by atoms with van der Waals surface area (Å²) >= 11 is 0. The summed E-state index contributed by atoms with van der Waals surface area (Å²) in [4.78, 5) is 24.2. The number of Topliss-reactive ketones (excluding diaryl/α,β-unsaturated/α-hetero) is 1. The van der Waals surface area contributed by atoms with Crippen molar-refractivity contribution in [1.82, 2.24) is 5.32 Å². The Morgan fingerprint density at radius 2 is 1.88 bits per heavy atom. The van der Waals surface area contributed by atoms with Gasteiger partial charge in [0.25, 0.3) is 5.91 Å². The van der Waals surface area contributed by atoms with E-state index in [2.05, 4.69) is 5.32 Å². The van der Waals surface area contributed by atoms with Crippen molar-refractivity contribution in [2.75, 3.05) is 0 Å². The minimum atomic E-state index is -1.06. The SMILES string of the molecule is CC(=O)c1ccc2c(c1)[C@H](NC(=O)c1cccc(F)c1)[C@@H](O)C(C)(C)O2. The molecule has 0 radical (unpaired) electrons. The monoisotopic (exact) mass is 357 g/mol. The van der Waals surface area contributed by atoms with Crippen LogP contribution in [0.15, 0.2) is 42.5 Å². The predicted octanol–water partition coefficient (Wildman–Crippen LogP) is 3.03. The lowest BCUT2D eigenvalue weighted by Crippen LogP contribution is -2.53. The van der Waals surface area contributed by atoms with Gasteiger partial charge in [-0.1, -0.05) is 6.07 Å². The highest BCUT2D eigenvalue weighted by molar-refractivity contribution is 5.95. The zero-order chi connectivity index (χ0) is 19.1. The molecule has 26 heavy (non-hydrogen) atoms. The first-order valence-electron chi connectivity index (χ1n) is 8.27. The highest BCUT2D eigenvalue weighted by Gasteiger charge is 2.43. The fourth-order valence-corrected chi connectivity index (χ4v) is 3.03. The van der Waals surface area contributed by atoms with E-state index in [0.717, 1.165) is 6.07 Å². The molecule has 6 heteroatoms. The van der Waals surface area contributed by atoms with Crippen molar-refractivity contribution in [3.05, 3.63) is 65.0 Å². The molecule has 1 amide bonds. The number of carbonyl (C=O) groups excluding carboxylic acids is 2. The van der Waals surface area contributed by atoms with Gasteiger partial charge in [-0.15, -0.1) is 0 Å². The standard InChI is InChI=1S/C20H20FNO4/c1-11(23)12-7-8-16-15(10-12)17(18(24)20(2,3)26-16)22-19(25)13-5-4-6-14(21)9-13/h4-10,17-18,24H,1-3H3,(H,22,25)/t17-,18+/m0/s1. The molecular weight excluding hydrogens is 337 g/mol. The lowest BCUT2D eigenvalue weighted by Gasteiger charge is -2.42. The third-order valence-electron chi connectivity index (χ3n) is 4.53. The second kappa shape index (κ2) is 6.53. The Bertz CT molecular complexity index is 878. The van der Waals surface area contributed by atoms with Crippen molar-refractivity contribution >= 4 is 11.7 Å². The fraction of sp³-hybridized carbons (Fsp3) is 0.300. The predicted molar refractivity (Wildman–Crippen MR) is 93.8 cm³/mol. The van der Waals surface area contributed by atoms with Crippen molar-refractivity contribution < 1.29 is 23.8 Å². The van der Waals surface area contributed by atoms with Crippen molar-refractivity contribution in [2.45, 2.75) is 38.5 Å². The zero-order valence-corrected chi connectivity index (χ0v) is 14.7. The van der Waals surface area contributed by atoms with E-state index in [-0.39, 0.29) is 11.3 Å². The smallest absolute Gasteiger partial charge is 0.251 e. The maximum Gasteiger partial charge on any atom is 0.251 e. The van der Waals surface area contributed by atoms with Crippen LogP contribution in [0, 0.1) is 5.82 Å². The largest absolute Gasteiger partial charge is 0.485 e. The Kier molecular flexibility index (Phi) is 4.54. The molecule has 3 rings (SSSR count). The number of rotatable bonds is 3. The lowest BCUT2D eigenvalue weighted by atomic mass is 9.85. The molecule has 1 aliphatic heterocycles. The lowest BCUT2D eigenvalue weighted by molar-refractivity contribution is -0.0627. The molecule has 2 aromatic carbocycles. The number of hydrogen-bond donors (Lipinski definition) is 2. The van der Waals surface area contributed by atoms with Gasteiger partial charge in [0.2, 0.25) is 0 Å². The average molecular weight is 357 g/mol. The number of ether oxygens (including phenoxy) is 1. The number of hydrogen-bond acceptors (Lipinski definition) is 4. The van der Waals surface area contributed by atoms with Crippen LogP contribution in [0.25, 0.3) is 0 Å². The summed E-state index contributed by atoms with van der Waals surface area (Å²) in [7, 11) is 0. The van der Waals surface area contributed by atoms with Crippen LogP contribution in [0.5, 0.6) is 5.75 Å². The van der Waals surface area contributed by atoms with Crippen LogP contribution in [-0.2, 0) is 0 Å². The molecule has 1 heterocycles. The Balaban J connectivity index is 2.00. The van der Waals surface area contributed by atoms with E-state index in [9.17, 15) is 19.1 Å². The molecule has 2 aromatic rings. The number of aliphatic hydroxyl groups is 1. The molecule has 2 atom stereocenters. The van der Waals surface area contributed by atoms with Crippen LogP contribution in [-0.4, -0.2) is 28.5 Å². The minimum absolute atomic E-state index is 0.137. The third-order valence-corrected chi connectivity index (χ3v) is 4.53. The molecule has 136 valence electrons. The maximum absolute atomic E-state index is 13.4. The molecule has 0 saturated heterocycles. The summed E-state index contributed by atoms with van der Waals surface area (Å²) in [5.41, 5.74) is 0.147. The van der Waals surface area contributed by atoms with Crippen LogP contribution in [0.2, 0.25) is 0 Å². The topological polar surface area (TPSA) is 75.6 Å². The average Bonchev–Trinajstić information content (AvgIpc) is 2.58. The summed E-state index contributed by atoms with van der Waals surface area (Å²) in [5.74, 6) is -0.702. The van der Waals surface area contributed by atoms with E-state index in [4.69, 9.17) is 4.74 Å². The summed E-state index contributed by atoms with van der Waals surface area (Å²) in [6, 6.07) is 9.40. The van der Waals surface area contributed by atoms with Crippen molar-refractivity contribution in [2.24, 2.45) is 0 Å². The van der Waals surface area contributed by atoms with Crippen molar-refractivity contribution in [3.8, 4) is 5.75 Å². The number of nitrogens with one attached hydrogen (secondary N) is 1. The maximum atomic E-state index is 13.4. The van der Waals surface area contributed by atoms with Gasteiger partial charge in [-0.3, -0.25) is 9.59 Å². The quantitative estimate of drug-likeness (QED) is 0.828. The van der Waals surface area contributed by atoms with E-state index in [1.807, 2.05) is 0 Å². The van der Waals surface area contributed by atoms with Crippen LogP contribution >= 0.6 is 0 Å². The molecule has 0 aromatic heterocycles. The highest BCUT2D eigenvalue weighted by atomic mass is 19.1. The number of aliphatic hydroxyl groups excluding tert-OH is 1. The van der Waals surface area contributed by atoms with Crippen molar-refractivity contribution in [1.29, 1.82) is 0 Å². The number of carbonyl (C=O) groups is 2. The first-order valence-corrected chi connectivity index (χ1v) is 8.27. The van der Waals surface area contributed by atoms with Crippen molar-refractivity contribution in [3.63, 3.8) is 0 Å². The van der Waals surface area contributed by atoms with Gasteiger partial charge in [0.15, 0.2) is 5.78 Å². The van der Waals surface area contributed by atoms with Crippen LogP contribution in [0.4, 0.5) is 4.39 Å². The highest BCUT2D eigenvalue weighted by Crippen LogP contribution is 2.40. The number of fused-ring (bicyclic) bond motifs is 1. The molecule has 2 N–H and O–H groups in total. The van der Waals surface area contributed by atoms with Gasteiger partial charge in [-0.25, -0.2) is 4.39 Å². The van der Waals surface area contributed by atoms with Gasteiger partial charge in [-0.05, 0) is 57.2 Å². The molecule has 0 unspecified atom stereocenters. The number of ketones is 1. The second-order valence-electron chi connectivity index (χ2n) is 6.92. The first-order chi connectivity index (χ1) is 12.2. The molecule has 0 bridgehead atoms.